The van der Waals surface area contributed by atoms with Crippen LogP contribution < -0.4 is 10.6 Å². The molecule has 2 rings (SSSR count). The number of rotatable bonds is 1. The first-order valence-electron chi connectivity index (χ1n) is 4.86. The molecule has 0 aromatic heterocycles. The predicted octanol–water partition coefficient (Wildman–Crippen LogP) is 0.836. The van der Waals surface area contributed by atoms with Crippen LogP contribution in [0.2, 0.25) is 0 Å². The molecule has 14 heavy (non-hydrogen) atoms. The third kappa shape index (κ3) is 1.77. The van der Waals surface area contributed by atoms with E-state index in [0.29, 0.717) is 6.54 Å². The molecule has 1 aliphatic heterocycles. The minimum absolute atomic E-state index is 0.0807. The number of hydrogen-bond acceptors (Lipinski definition) is 2. The Kier molecular flexibility index (Phi) is 2.50. The average molecular weight is 190 g/mol. The lowest BCUT2D eigenvalue weighted by Crippen LogP contribution is -2.52. The van der Waals surface area contributed by atoms with Gasteiger partial charge in [0.2, 0.25) is 5.91 Å². The quantitative estimate of drug-likeness (QED) is 0.689. The van der Waals surface area contributed by atoms with E-state index in [9.17, 15) is 4.79 Å². The maximum Gasteiger partial charge on any atom is 0.236 e. The zero-order valence-electron chi connectivity index (χ0n) is 8.16. The van der Waals surface area contributed by atoms with E-state index in [1.807, 2.05) is 25.1 Å². The Bertz CT molecular complexity index is 323. The standard InChI is InChI=1S/C11H14N2O/c1-8-11(14)12-7-10(13-8)9-5-3-2-4-6-9/h2-6,8,10,13H,7H2,1H3,(H,12,14). The number of piperazine rings is 1. The van der Waals surface area contributed by atoms with Crippen LogP contribution in [-0.2, 0) is 4.79 Å². The second-order valence-electron chi connectivity index (χ2n) is 3.60. The fraction of sp³-hybridized carbons (Fsp3) is 0.364. The maximum atomic E-state index is 11.2. The van der Waals surface area contributed by atoms with Gasteiger partial charge in [-0.3, -0.25) is 10.1 Å². The SMILES string of the molecule is CC1NC(c2ccccc2)CNC1=O. The van der Waals surface area contributed by atoms with Crippen molar-refractivity contribution in [1.82, 2.24) is 10.6 Å². The van der Waals surface area contributed by atoms with Crippen LogP contribution in [0.3, 0.4) is 0 Å². The summed E-state index contributed by atoms with van der Waals surface area (Å²) in [6, 6.07) is 10.3. The van der Waals surface area contributed by atoms with Crippen molar-refractivity contribution in [2.24, 2.45) is 0 Å². The lowest BCUT2D eigenvalue weighted by molar-refractivity contribution is -0.124. The van der Waals surface area contributed by atoms with E-state index < -0.39 is 0 Å². The summed E-state index contributed by atoms with van der Waals surface area (Å²) in [5, 5.41) is 6.15. The van der Waals surface area contributed by atoms with Crippen molar-refractivity contribution < 1.29 is 4.79 Å². The summed E-state index contributed by atoms with van der Waals surface area (Å²) in [7, 11) is 0. The molecule has 1 aromatic rings. The van der Waals surface area contributed by atoms with E-state index in [0.717, 1.165) is 0 Å². The van der Waals surface area contributed by atoms with Gasteiger partial charge in [-0.25, -0.2) is 0 Å². The summed E-state index contributed by atoms with van der Waals surface area (Å²) in [6.07, 6.45) is 0. The van der Waals surface area contributed by atoms with Gasteiger partial charge in [-0.15, -0.1) is 0 Å². The lowest BCUT2D eigenvalue weighted by atomic mass is 10.0. The topological polar surface area (TPSA) is 41.1 Å². The summed E-state index contributed by atoms with van der Waals surface area (Å²) in [5.41, 5.74) is 1.22. The summed E-state index contributed by atoms with van der Waals surface area (Å²) >= 11 is 0. The van der Waals surface area contributed by atoms with Gasteiger partial charge in [0.15, 0.2) is 0 Å². The minimum atomic E-state index is -0.103. The Morgan fingerprint density at radius 1 is 1.29 bits per heavy atom. The molecular weight excluding hydrogens is 176 g/mol. The van der Waals surface area contributed by atoms with Crippen molar-refractivity contribution in [3.05, 3.63) is 35.9 Å². The molecule has 2 atom stereocenters. The molecule has 74 valence electrons. The van der Waals surface area contributed by atoms with Gasteiger partial charge in [-0.1, -0.05) is 30.3 Å². The molecule has 1 aromatic carbocycles. The average Bonchev–Trinajstić information content (AvgIpc) is 2.23. The lowest BCUT2D eigenvalue weighted by Gasteiger charge is -2.29. The minimum Gasteiger partial charge on any atom is -0.353 e. The number of carbonyl (C=O) groups excluding carboxylic acids is 1. The number of carbonyl (C=O) groups is 1. The van der Waals surface area contributed by atoms with Crippen molar-refractivity contribution in [2.75, 3.05) is 6.54 Å². The molecule has 2 unspecified atom stereocenters. The van der Waals surface area contributed by atoms with Crippen molar-refractivity contribution in [1.29, 1.82) is 0 Å². The van der Waals surface area contributed by atoms with Crippen molar-refractivity contribution in [3.63, 3.8) is 0 Å². The van der Waals surface area contributed by atoms with Gasteiger partial charge >= 0.3 is 0 Å². The van der Waals surface area contributed by atoms with Gasteiger partial charge < -0.3 is 5.32 Å². The first kappa shape index (κ1) is 9.21. The summed E-state index contributed by atoms with van der Waals surface area (Å²) < 4.78 is 0. The Morgan fingerprint density at radius 3 is 2.64 bits per heavy atom. The smallest absolute Gasteiger partial charge is 0.236 e. The molecule has 1 saturated heterocycles. The van der Waals surface area contributed by atoms with Crippen molar-refractivity contribution in [2.45, 2.75) is 19.0 Å². The van der Waals surface area contributed by atoms with Gasteiger partial charge in [-0.2, -0.15) is 0 Å². The van der Waals surface area contributed by atoms with Gasteiger partial charge in [0.05, 0.1) is 12.1 Å². The largest absolute Gasteiger partial charge is 0.353 e. The Morgan fingerprint density at radius 2 is 2.00 bits per heavy atom. The zero-order chi connectivity index (χ0) is 9.97. The highest BCUT2D eigenvalue weighted by Gasteiger charge is 2.24. The number of benzene rings is 1. The maximum absolute atomic E-state index is 11.2. The molecule has 0 bridgehead atoms. The Balaban J connectivity index is 2.11. The highest BCUT2D eigenvalue weighted by atomic mass is 16.2. The van der Waals surface area contributed by atoms with E-state index in [2.05, 4.69) is 22.8 Å². The van der Waals surface area contributed by atoms with Gasteiger partial charge in [0, 0.05) is 6.54 Å². The predicted molar refractivity (Wildman–Crippen MR) is 54.8 cm³/mol. The molecule has 1 aliphatic rings. The Labute approximate surface area is 83.5 Å². The third-order valence-corrected chi connectivity index (χ3v) is 2.53. The van der Waals surface area contributed by atoms with E-state index in [1.54, 1.807) is 0 Å². The van der Waals surface area contributed by atoms with Gasteiger partial charge in [0.1, 0.15) is 0 Å². The van der Waals surface area contributed by atoms with E-state index in [4.69, 9.17) is 0 Å². The molecule has 1 heterocycles. The van der Waals surface area contributed by atoms with Crippen molar-refractivity contribution >= 4 is 5.91 Å². The normalized spacial score (nSPS) is 27.1. The molecule has 0 saturated carbocycles. The van der Waals surface area contributed by atoms with Crippen LogP contribution in [-0.4, -0.2) is 18.5 Å². The molecule has 0 radical (unpaired) electrons. The molecule has 0 spiro atoms. The van der Waals surface area contributed by atoms with E-state index in [1.165, 1.54) is 5.56 Å². The van der Waals surface area contributed by atoms with Crippen LogP contribution in [0.5, 0.6) is 0 Å². The van der Waals surface area contributed by atoms with Crippen molar-refractivity contribution in [3.8, 4) is 0 Å². The first-order valence-corrected chi connectivity index (χ1v) is 4.86. The number of hydrogen-bond donors (Lipinski definition) is 2. The molecule has 3 nitrogen and oxygen atoms in total. The second-order valence-corrected chi connectivity index (χ2v) is 3.60. The Hall–Kier alpha value is -1.35. The molecular formula is C11H14N2O. The molecule has 0 aliphatic carbocycles. The van der Waals surface area contributed by atoms with Crippen LogP contribution in [0, 0.1) is 0 Å². The van der Waals surface area contributed by atoms with Crippen LogP contribution >= 0.6 is 0 Å². The summed E-state index contributed by atoms with van der Waals surface area (Å²) in [4.78, 5) is 11.2. The fourth-order valence-electron chi connectivity index (χ4n) is 1.69. The summed E-state index contributed by atoms with van der Waals surface area (Å²) in [6.45, 7) is 2.55. The fourth-order valence-corrected chi connectivity index (χ4v) is 1.69. The first-order chi connectivity index (χ1) is 6.77. The second kappa shape index (κ2) is 3.80. The molecule has 2 N–H and O–H groups in total. The highest BCUT2D eigenvalue weighted by Crippen LogP contribution is 2.14. The number of amides is 1. The van der Waals surface area contributed by atoms with E-state index in [-0.39, 0.29) is 18.0 Å². The van der Waals surface area contributed by atoms with Crippen LogP contribution in [0.25, 0.3) is 0 Å². The highest BCUT2D eigenvalue weighted by molar-refractivity contribution is 5.82. The zero-order valence-corrected chi connectivity index (χ0v) is 8.16. The number of nitrogens with one attached hydrogen (secondary N) is 2. The van der Waals surface area contributed by atoms with Gasteiger partial charge in [0.25, 0.3) is 0 Å². The van der Waals surface area contributed by atoms with Gasteiger partial charge in [-0.05, 0) is 12.5 Å². The molecule has 3 heteroatoms. The summed E-state index contributed by atoms with van der Waals surface area (Å²) in [5.74, 6) is 0.0807. The third-order valence-electron chi connectivity index (χ3n) is 2.53. The van der Waals surface area contributed by atoms with E-state index >= 15 is 0 Å². The van der Waals surface area contributed by atoms with Crippen LogP contribution in [0.4, 0.5) is 0 Å². The van der Waals surface area contributed by atoms with Crippen LogP contribution in [0.1, 0.15) is 18.5 Å². The van der Waals surface area contributed by atoms with Crippen LogP contribution in [0.15, 0.2) is 30.3 Å². The molecule has 1 fully saturated rings. The molecule has 1 amide bonds. The monoisotopic (exact) mass is 190 g/mol.